The van der Waals surface area contributed by atoms with Crippen LogP contribution in [0.4, 0.5) is 0 Å². The van der Waals surface area contributed by atoms with Crippen molar-refractivity contribution in [2.75, 3.05) is 27.2 Å². The van der Waals surface area contributed by atoms with Crippen molar-refractivity contribution in [2.24, 2.45) is 5.41 Å². The lowest BCUT2D eigenvalue weighted by atomic mass is 9.78. The Labute approximate surface area is 200 Å². The molecule has 8 nitrogen and oxygen atoms in total. The monoisotopic (exact) mass is 466 g/mol. The minimum absolute atomic E-state index is 0.329. The SMILES string of the molecule is CCCC1(C)CN(Cc2ccc(-c3ccc(C(=O)N(C)C(C(=O)NC)C(=O)NO)cc3)cc2)C1. The summed E-state index contributed by atoms with van der Waals surface area (Å²) in [5, 5.41) is 11.2. The number of carbonyl (C=O) groups excluding carboxylic acids is 3. The summed E-state index contributed by atoms with van der Waals surface area (Å²) in [7, 11) is 2.69. The highest BCUT2D eigenvalue weighted by atomic mass is 16.5. The topological polar surface area (TPSA) is 102 Å². The lowest BCUT2D eigenvalue weighted by Crippen LogP contribution is -2.54. The number of hydroxylamine groups is 1. The van der Waals surface area contributed by atoms with E-state index in [1.807, 2.05) is 12.1 Å². The Morgan fingerprint density at radius 3 is 2.09 bits per heavy atom. The largest absolute Gasteiger partial charge is 0.357 e. The second-order valence-corrected chi connectivity index (χ2v) is 9.39. The van der Waals surface area contributed by atoms with Gasteiger partial charge in [-0.2, -0.15) is 0 Å². The van der Waals surface area contributed by atoms with Crippen molar-refractivity contribution in [1.82, 2.24) is 20.6 Å². The van der Waals surface area contributed by atoms with Crippen LogP contribution in [0, 0.1) is 5.41 Å². The van der Waals surface area contributed by atoms with Crippen LogP contribution in [0.5, 0.6) is 0 Å². The molecule has 34 heavy (non-hydrogen) atoms. The van der Waals surface area contributed by atoms with E-state index in [1.165, 1.54) is 38.0 Å². The van der Waals surface area contributed by atoms with Gasteiger partial charge >= 0.3 is 0 Å². The molecule has 1 fully saturated rings. The molecule has 3 amide bonds. The first kappa shape index (κ1) is 25.4. The molecule has 3 N–H and O–H groups in total. The van der Waals surface area contributed by atoms with Gasteiger partial charge in [0.25, 0.3) is 17.7 Å². The predicted molar refractivity (Wildman–Crippen MR) is 130 cm³/mol. The maximum absolute atomic E-state index is 12.8. The fourth-order valence-electron chi connectivity index (χ4n) is 4.76. The van der Waals surface area contributed by atoms with Gasteiger partial charge in [0.05, 0.1) is 0 Å². The number of benzene rings is 2. The van der Waals surface area contributed by atoms with Crippen LogP contribution in [0.2, 0.25) is 0 Å². The van der Waals surface area contributed by atoms with E-state index in [1.54, 1.807) is 12.1 Å². The van der Waals surface area contributed by atoms with Crippen LogP contribution in [0.3, 0.4) is 0 Å². The summed E-state index contributed by atoms with van der Waals surface area (Å²) in [6.45, 7) is 7.85. The first-order chi connectivity index (χ1) is 16.2. The number of amides is 3. The Morgan fingerprint density at radius 2 is 1.59 bits per heavy atom. The minimum Gasteiger partial charge on any atom is -0.357 e. The highest BCUT2D eigenvalue weighted by Gasteiger charge is 2.37. The summed E-state index contributed by atoms with van der Waals surface area (Å²) in [4.78, 5) is 40.2. The van der Waals surface area contributed by atoms with Crippen LogP contribution in [0.1, 0.15) is 42.6 Å². The van der Waals surface area contributed by atoms with Crippen molar-refractivity contribution in [3.05, 3.63) is 59.7 Å². The summed E-state index contributed by atoms with van der Waals surface area (Å²) in [6.07, 6.45) is 2.50. The molecule has 2 aromatic carbocycles. The van der Waals surface area contributed by atoms with Crippen LogP contribution in [0.25, 0.3) is 11.1 Å². The number of likely N-dealkylation sites (N-methyl/N-ethyl adjacent to an activating group) is 2. The lowest BCUT2D eigenvalue weighted by Gasteiger charge is -2.48. The van der Waals surface area contributed by atoms with Crippen molar-refractivity contribution in [3.8, 4) is 11.1 Å². The third kappa shape index (κ3) is 5.63. The molecular weight excluding hydrogens is 432 g/mol. The van der Waals surface area contributed by atoms with Gasteiger partial charge in [-0.1, -0.05) is 56.7 Å². The molecule has 8 heteroatoms. The summed E-state index contributed by atoms with van der Waals surface area (Å²) < 4.78 is 0. The zero-order valence-corrected chi connectivity index (χ0v) is 20.3. The highest BCUT2D eigenvalue weighted by Crippen LogP contribution is 2.35. The van der Waals surface area contributed by atoms with Crippen LogP contribution in [-0.4, -0.2) is 66.0 Å². The smallest absolute Gasteiger partial charge is 0.275 e. The van der Waals surface area contributed by atoms with E-state index in [9.17, 15) is 14.4 Å². The van der Waals surface area contributed by atoms with Crippen molar-refractivity contribution in [2.45, 2.75) is 39.3 Å². The molecule has 0 bridgehead atoms. The van der Waals surface area contributed by atoms with E-state index in [0.29, 0.717) is 11.0 Å². The molecule has 1 atom stereocenters. The van der Waals surface area contributed by atoms with Crippen LogP contribution < -0.4 is 10.8 Å². The Bertz CT molecular complexity index is 998. The van der Waals surface area contributed by atoms with E-state index >= 15 is 0 Å². The van der Waals surface area contributed by atoms with Gasteiger partial charge in [0.2, 0.25) is 0 Å². The third-order valence-corrected chi connectivity index (χ3v) is 6.45. The van der Waals surface area contributed by atoms with Gasteiger partial charge in [-0.05, 0) is 40.7 Å². The maximum Gasteiger partial charge on any atom is 0.275 e. The molecule has 2 aromatic rings. The molecule has 1 aliphatic heterocycles. The fourth-order valence-corrected chi connectivity index (χ4v) is 4.76. The number of likely N-dealkylation sites (tertiary alicyclic amines) is 1. The van der Waals surface area contributed by atoms with Crippen molar-refractivity contribution in [3.63, 3.8) is 0 Å². The van der Waals surface area contributed by atoms with Crippen LogP contribution in [-0.2, 0) is 16.1 Å². The molecule has 0 aromatic heterocycles. The Hall–Kier alpha value is -3.23. The molecule has 0 aliphatic carbocycles. The summed E-state index contributed by atoms with van der Waals surface area (Å²) in [5.74, 6) is -2.20. The van der Waals surface area contributed by atoms with E-state index in [2.05, 4.69) is 48.3 Å². The first-order valence-corrected chi connectivity index (χ1v) is 11.6. The predicted octanol–water partition coefficient (Wildman–Crippen LogP) is 2.67. The van der Waals surface area contributed by atoms with Gasteiger partial charge in [-0.25, -0.2) is 5.48 Å². The van der Waals surface area contributed by atoms with E-state index in [4.69, 9.17) is 5.21 Å². The average Bonchev–Trinajstić information content (AvgIpc) is 2.83. The molecule has 0 spiro atoms. The number of nitrogens with zero attached hydrogens (tertiary/aromatic N) is 2. The normalized spacial score (nSPS) is 15.7. The van der Waals surface area contributed by atoms with Crippen molar-refractivity contribution < 1.29 is 19.6 Å². The van der Waals surface area contributed by atoms with Gasteiger partial charge < -0.3 is 10.2 Å². The van der Waals surface area contributed by atoms with Crippen molar-refractivity contribution >= 4 is 17.7 Å². The molecule has 182 valence electrons. The summed E-state index contributed by atoms with van der Waals surface area (Å²) in [5.41, 5.74) is 5.50. The number of nitrogens with one attached hydrogen (secondary N) is 2. The standard InChI is InChI=1S/C26H34N4O4/c1-5-14-26(2)16-30(17-26)15-18-6-8-19(9-7-18)20-10-12-21(13-11-20)25(33)29(4)22(23(31)27-3)24(32)28-34/h6-13,22,34H,5,14-17H2,1-4H3,(H,27,31)(H,28,32). The molecular formula is C26H34N4O4. The van der Waals surface area contributed by atoms with Crippen molar-refractivity contribution in [1.29, 1.82) is 0 Å². The third-order valence-electron chi connectivity index (χ3n) is 6.45. The van der Waals surface area contributed by atoms with Gasteiger partial charge in [0.15, 0.2) is 6.04 Å². The zero-order chi connectivity index (χ0) is 24.9. The molecule has 3 rings (SSSR count). The number of hydrogen-bond acceptors (Lipinski definition) is 5. The zero-order valence-electron chi connectivity index (χ0n) is 20.3. The molecule has 1 saturated heterocycles. The number of rotatable bonds is 9. The number of carbonyl (C=O) groups is 3. The maximum atomic E-state index is 12.8. The molecule has 0 saturated carbocycles. The molecule has 0 radical (unpaired) electrons. The fraction of sp³-hybridized carbons (Fsp3) is 0.423. The van der Waals surface area contributed by atoms with Gasteiger partial charge in [0, 0.05) is 39.3 Å². The number of hydrogen-bond donors (Lipinski definition) is 3. The Morgan fingerprint density at radius 1 is 1.03 bits per heavy atom. The van der Waals surface area contributed by atoms with Gasteiger partial charge in [0.1, 0.15) is 0 Å². The second-order valence-electron chi connectivity index (χ2n) is 9.39. The minimum atomic E-state index is -1.49. The molecule has 1 unspecified atom stereocenters. The first-order valence-electron chi connectivity index (χ1n) is 11.6. The van der Waals surface area contributed by atoms with E-state index in [0.717, 1.165) is 35.7 Å². The van der Waals surface area contributed by atoms with Crippen LogP contribution in [0.15, 0.2) is 48.5 Å². The highest BCUT2D eigenvalue weighted by molar-refractivity contribution is 6.08. The molecule has 1 heterocycles. The second kappa shape index (κ2) is 10.8. The quantitative estimate of drug-likeness (QED) is 0.300. The molecule has 1 aliphatic rings. The summed E-state index contributed by atoms with van der Waals surface area (Å²) in [6, 6.07) is 13.9. The van der Waals surface area contributed by atoms with Crippen LogP contribution >= 0.6 is 0 Å². The Kier molecular flexibility index (Phi) is 8.06. The lowest BCUT2D eigenvalue weighted by molar-refractivity contribution is -0.140. The average molecular weight is 467 g/mol. The summed E-state index contributed by atoms with van der Waals surface area (Å²) >= 11 is 0. The van der Waals surface area contributed by atoms with Gasteiger partial charge in [-0.3, -0.25) is 24.5 Å². The van der Waals surface area contributed by atoms with E-state index in [-0.39, 0.29) is 0 Å². The van der Waals surface area contributed by atoms with E-state index < -0.39 is 23.8 Å². The Balaban J connectivity index is 1.64. The van der Waals surface area contributed by atoms with Gasteiger partial charge in [-0.15, -0.1) is 0 Å².